The number of fused-ring (bicyclic) bond motifs is 8. The first-order valence-electron chi connectivity index (χ1n) is 17.0. The van der Waals surface area contributed by atoms with Gasteiger partial charge in [-0.15, -0.1) is 0 Å². The maximum absolute atomic E-state index is 6.25. The van der Waals surface area contributed by atoms with Crippen LogP contribution in [0.3, 0.4) is 0 Å². The lowest BCUT2D eigenvalue weighted by molar-refractivity contribution is 0.660. The van der Waals surface area contributed by atoms with E-state index in [1.165, 1.54) is 49.5 Å². The number of benzene rings is 8. The lowest BCUT2D eigenvalue weighted by Gasteiger charge is -2.30. The molecule has 0 unspecified atom stereocenters. The van der Waals surface area contributed by atoms with Crippen LogP contribution in [-0.2, 0) is 5.41 Å². The smallest absolute Gasteiger partial charge is 0.136 e. The average Bonchev–Trinajstić information content (AvgIpc) is 3.61. The summed E-state index contributed by atoms with van der Waals surface area (Å²) in [6.45, 7) is 4.71. The maximum Gasteiger partial charge on any atom is 0.136 e. The van der Waals surface area contributed by atoms with Gasteiger partial charge in [-0.2, -0.15) is 0 Å². The molecule has 232 valence electrons. The third kappa shape index (κ3) is 4.27. The van der Waals surface area contributed by atoms with Crippen molar-refractivity contribution in [1.29, 1.82) is 0 Å². The van der Waals surface area contributed by atoms with E-state index < -0.39 is 0 Å². The molecule has 0 aliphatic heterocycles. The molecule has 0 fully saturated rings. The van der Waals surface area contributed by atoms with Crippen LogP contribution in [0.15, 0.2) is 168 Å². The van der Waals surface area contributed by atoms with E-state index in [4.69, 9.17) is 4.42 Å². The van der Waals surface area contributed by atoms with Crippen LogP contribution in [-0.4, -0.2) is 0 Å². The summed E-state index contributed by atoms with van der Waals surface area (Å²) in [5.41, 5.74) is 12.9. The molecule has 1 aliphatic carbocycles. The van der Waals surface area contributed by atoms with Crippen LogP contribution in [0.25, 0.3) is 65.7 Å². The predicted octanol–water partition coefficient (Wildman–Crippen LogP) is 13.3. The quantitative estimate of drug-likeness (QED) is 0.193. The molecule has 49 heavy (non-hydrogen) atoms. The Morgan fingerprint density at radius 3 is 2.02 bits per heavy atom. The van der Waals surface area contributed by atoms with E-state index in [1.54, 1.807) is 0 Å². The second-order valence-corrected chi connectivity index (χ2v) is 13.8. The fourth-order valence-electron chi connectivity index (χ4n) is 8.12. The fourth-order valence-corrected chi connectivity index (χ4v) is 8.12. The average molecular weight is 628 g/mol. The van der Waals surface area contributed by atoms with Gasteiger partial charge in [0, 0.05) is 33.1 Å². The Morgan fingerprint density at radius 2 is 1.10 bits per heavy atom. The minimum Gasteiger partial charge on any atom is -0.456 e. The van der Waals surface area contributed by atoms with Crippen LogP contribution < -0.4 is 4.90 Å². The van der Waals surface area contributed by atoms with Gasteiger partial charge in [-0.1, -0.05) is 123 Å². The van der Waals surface area contributed by atoms with Gasteiger partial charge in [0.15, 0.2) is 0 Å². The monoisotopic (exact) mass is 627 g/mol. The number of rotatable bonds is 4. The molecule has 0 spiro atoms. The van der Waals surface area contributed by atoms with Crippen molar-refractivity contribution in [3.8, 4) is 22.3 Å². The Kier molecular flexibility index (Phi) is 5.95. The second kappa shape index (κ2) is 10.4. The standard InChI is InChI=1S/C47H33NO/c1-47(2)42-16-8-5-14-38(42)39-24-23-36(29-43(39)47)48(44-17-9-6-13-37(44)33-20-19-30-11-3-4-12-31(30)25-33)35-22-21-32-28-46-41(27-34(32)26-35)40-15-7-10-18-45(40)49-46/h3-29H,1-2H3. The molecule has 8 aromatic carbocycles. The first-order chi connectivity index (χ1) is 24.0. The fraction of sp³-hybridized carbons (Fsp3) is 0.0638. The molecular formula is C47H33NO. The molecule has 10 rings (SSSR count). The van der Waals surface area contributed by atoms with Crippen LogP contribution >= 0.6 is 0 Å². The molecule has 0 bridgehead atoms. The third-order valence-corrected chi connectivity index (χ3v) is 10.6. The largest absolute Gasteiger partial charge is 0.456 e. The minimum atomic E-state index is -0.108. The van der Waals surface area contributed by atoms with Crippen LogP contribution in [0.1, 0.15) is 25.0 Å². The highest BCUT2D eigenvalue weighted by molar-refractivity contribution is 6.10. The molecule has 1 aliphatic rings. The zero-order valence-electron chi connectivity index (χ0n) is 27.4. The van der Waals surface area contributed by atoms with E-state index in [0.29, 0.717) is 0 Å². The molecule has 0 saturated heterocycles. The van der Waals surface area contributed by atoms with Crippen LogP contribution in [0, 0.1) is 0 Å². The highest BCUT2D eigenvalue weighted by Crippen LogP contribution is 2.51. The van der Waals surface area contributed by atoms with Crippen molar-refractivity contribution >= 4 is 60.5 Å². The highest BCUT2D eigenvalue weighted by atomic mass is 16.3. The van der Waals surface area contributed by atoms with Crippen LogP contribution in [0.4, 0.5) is 17.1 Å². The van der Waals surface area contributed by atoms with Gasteiger partial charge in [-0.25, -0.2) is 0 Å². The zero-order chi connectivity index (χ0) is 32.7. The van der Waals surface area contributed by atoms with Gasteiger partial charge in [0.2, 0.25) is 0 Å². The Bertz CT molecular complexity index is 2770. The molecule has 9 aromatic rings. The van der Waals surface area contributed by atoms with Crippen molar-refractivity contribution in [1.82, 2.24) is 0 Å². The topological polar surface area (TPSA) is 16.4 Å². The highest BCUT2D eigenvalue weighted by Gasteiger charge is 2.35. The van der Waals surface area contributed by atoms with Gasteiger partial charge < -0.3 is 9.32 Å². The van der Waals surface area contributed by atoms with Gasteiger partial charge in [0.25, 0.3) is 0 Å². The summed E-state index contributed by atoms with van der Waals surface area (Å²) in [5, 5.41) is 7.10. The van der Waals surface area contributed by atoms with E-state index in [9.17, 15) is 0 Å². The van der Waals surface area contributed by atoms with E-state index in [2.05, 4.69) is 170 Å². The molecule has 0 amide bonds. The zero-order valence-corrected chi connectivity index (χ0v) is 27.4. The molecule has 0 N–H and O–H groups in total. The maximum atomic E-state index is 6.25. The predicted molar refractivity (Wildman–Crippen MR) is 206 cm³/mol. The molecule has 2 nitrogen and oxygen atoms in total. The van der Waals surface area contributed by atoms with Crippen LogP contribution in [0.5, 0.6) is 0 Å². The number of para-hydroxylation sites is 2. The van der Waals surface area contributed by atoms with Gasteiger partial charge >= 0.3 is 0 Å². The Morgan fingerprint density at radius 1 is 0.429 bits per heavy atom. The molecule has 2 heteroatoms. The lowest BCUT2D eigenvalue weighted by Crippen LogP contribution is -2.16. The number of hydrogen-bond donors (Lipinski definition) is 0. The van der Waals surface area contributed by atoms with Gasteiger partial charge in [-0.05, 0) is 104 Å². The van der Waals surface area contributed by atoms with Crippen molar-refractivity contribution in [3.63, 3.8) is 0 Å². The number of anilines is 3. The Labute approximate surface area is 285 Å². The summed E-state index contributed by atoms with van der Waals surface area (Å²) in [7, 11) is 0. The second-order valence-electron chi connectivity index (χ2n) is 13.8. The van der Waals surface area contributed by atoms with E-state index in [0.717, 1.165) is 44.4 Å². The molecule has 0 atom stereocenters. The SMILES string of the molecule is CC1(C)c2ccccc2-c2ccc(N(c3ccc4cc5oc6ccccc6c5cc4c3)c3ccccc3-c3ccc4ccccc4c3)cc21. The number of furan rings is 1. The third-order valence-electron chi connectivity index (χ3n) is 10.6. The van der Waals surface area contributed by atoms with Crippen molar-refractivity contribution < 1.29 is 4.42 Å². The molecular weight excluding hydrogens is 595 g/mol. The Balaban J connectivity index is 1.21. The number of hydrogen-bond acceptors (Lipinski definition) is 2. The van der Waals surface area contributed by atoms with Crippen molar-refractivity contribution in [2.24, 2.45) is 0 Å². The summed E-state index contributed by atoms with van der Waals surface area (Å²) in [4.78, 5) is 2.45. The van der Waals surface area contributed by atoms with Crippen LogP contribution in [0.2, 0.25) is 0 Å². The van der Waals surface area contributed by atoms with E-state index >= 15 is 0 Å². The summed E-state index contributed by atoms with van der Waals surface area (Å²) < 4.78 is 6.25. The molecule has 0 saturated carbocycles. The number of nitrogens with zero attached hydrogens (tertiary/aromatic N) is 1. The summed E-state index contributed by atoms with van der Waals surface area (Å²) in [6.07, 6.45) is 0. The summed E-state index contributed by atoms with van der Waals surface area (Å²) in [6, 6.07) is 59.7. The van der Waals surface area contributed by atoms with Gasteiger partial charge in [0.05, 0.1) is 5.69 Å². The minimum absolute atomic E-state index is 0.108. The normalized spacial score (nSPS) is 13.3. The lowest BCUT2D eigenvalue weighted by atomic mass is 9.82. The summed E-state index contributed by atoms with van der Waals surface area (Å²) in [5.74, 6) is 0. The van der Waals surface area contributed by atoms with E-state index in [1.807, 2.05) is 12.1 Å². The molecule has 1 aromatic heterocycles. The molecule has 0 radical (unpaired) electrons. The van der Waals surface area contributed by atoms with E-state index in [-0.39, 0.29) is 5.41 Å². The first kappa shape index (κ1) is 27.9. The summed E-state index contributed by atoms with van der Waals surface area (Å²) >= 11 is 0. The van der Waals surface area contributed by atoms with Crippen molar-refractivity contribution in [3.05, 3.63) is 175 Å². The first-order valence-corrected chi connectivity index (χ1v) is 17.0. The Hall–Kier alpha value is -6.12. The van der Waals surface area contributed by atoms with Gasteiger partial charge in [0.1, 0.15) is 11.2 Å². The molecule has 1 heterocycles. The van der Waals surface area contributed by atoms with Crippen molar-refractivity contribution in [2.75, 3.05) is 4.90 Å². The van der Waals surface area contributed by atoms with Gasteiger partial charge in [-0.3, -0.25) is 0 Å². The van der Waals surface area contributed by atoms with Crippen molar-refractivity contribution in [2.45, 2.75) is 19.3 Å².